The average Bonchev–Trinajstić information content (AvgIpc) is 3.14. The molecule has 5 rings (SSSR count). The topological polar surface area (TPSA) is 0 Å². The molecule has 0 radical (unpaired) electrons. The summed E-state index contributed by atoms with van der Waals surface area (Å²) in [7, 11) is 0. The number of fused-ring (bicyclic) bond motifs is 2. The van der Waals surface area contributed by atoms with Gasteiger partial charge in [0.2, 0.25) is 0 Å². The SMILES string of the molecule is C=C(C)[C@H]1CC[C@@]2(C)C3CCC4C(C)(C)[C@@H](C)CC[C@@]45C[C@@]35CC[C@]12C. The predicted octanol–water partition coefficient (Wildman–Crippen LogP) is 7.64. The van der Waals surface area contributed by atoms with Gasteiger partial charge in [0.1, 0.15) is 0 Å². The van der Waals surface area contributed by atoms with Crippen LogP contribution in [0.3, 0.4) is 0 Å². The number of hydrogen-bond acceptors (Lipinski definition) is 0. The Kier molecular flexibility index (Phi) is 3.31. The number of hydrogen-bond donors (Lipinski definition) is 0. The Hall–Kier alpha value is -0.260. The Morgan fingerprint density at radius 1 is 0.769 bits per heavy atom. The Labute approximate surface area is 162 Å². The molecule has 0 amide bonds. The number of allylic oxidation sites excluding steroid dienone is 1. The summed E-state index contributed by atoms with van der Waals surface area (Å²) in [6.07, 6.45) is 13.6. The van der Waals surface area contributed by atoms with Gasteiger partial charge in [-0.2, -0.15) is 0 Å². The first-order valence-electron chi connectivity index (χ1n) is 11.7. The van der Waals surface area contributed by atoms with Gasteiger partial charge >= 0.3 is 0 Å². The van der Waals surface area contributed by atoms with E-state index in [0.717, 1.165) is 34.5 Å². The summed E-state index contributed by atoms with van der Waals surface area (Å²) in [5.41, 5.74) is 4.58. The fraction of sp³-hybridized carbons (Fsp3) is 0.923. The van der Waals surface area contributed by atoms with Crippen LogP contribution in [-0.4, -0.2) is 0 Å². The third kappa shape index (κ3) is 1.67. The molecule has 0 heteroatoms. The maximum absolute atomic E-state index is 4.43. The summed E-state index contributed by atoms with van der Waals surface area (Å²) in [6.45, 7) is 19.9. The van der Waals surface area contributed by atoms with Crippen LogP contribution < -0.4 is 0 Å². The lowest BCUT2D eigenvalue weighted by Crippen LogP contribution is -2.56. The van der Waals surface area contributed by atoms with Gasteiger partial charge in [0.05, 0.1) is 0 Å². The van der Waals surface area contributed by atoms with Gasteiger partial charge in [0, 0.05) is 0 Å². The van der Waals surface area contributed by atoms with E-state index in [1.165, 1.54) is 50.5 Å². The Bertz CT molecular complexity index is 657. The van der Waals surface area contributed by atoms with Crippen molar-refractivity contribution in [2.24, 2.45) is 50.7 Å². The van der Waals surface area contributed by atoms with Crippen LogP contribution in [0.15, 0.2) is 12.2 Å². The monoisotopic (exact) mass is 354 g/mol. The van der Waals surface area contributed by atoms with Gasteiger partial charge in [-0.15, -0.1) is 0 Å². The van der Waals surface area contributed by atoms with Crippen LogP contribution in [0.4, 0.5) is 0 Å². The third-order valence-electron chi connectivity index (χ3n) is 12.2. The molecule has 8 atom stereocenters. The standard InChI is InChI=1S/C26H42/c1-17(2)19-11-12-24(7)21-9-8-20-22(4,5)18(3)10-13-25(20)16-26(21,25)15-14-23(19,24)6/h18-21H,1,8-16H2,2-7H3/t18-,19+,20?,21?,23+,24-,25+,26-/m0/s1. The van der Waals surface area contributed by atoms with E-state index in [-0.39, 0.29) is 0 Å². The van der Waals surface area contributed by atoms with E-state index in [1.807, 2.05) is 0 Å². The highest BCUT2D eigenvalue weighted by atomic mass is 14.9. The fourth-order valence-corrected chi connectivity index (χ4v) is 10.3. The molecule has 0 aromatic rings. The van der Waals surface area contributed by atoms with E-state index in [0.29, 0.717) is 16.2 Å². The summed E-state index contributed by atoms with van der Waals surface area (Å²) in [4.78, 5) is 0. The molecule has 0 saturated heterocycles. The molecule has 146 valence electrons. The summed E-state index contributed by atoms with van der Waals surface area (Å²) in [6, 6.07) is 0. The Balaban J connectivity index is 1.55. The van der Waals surface area contributed by atoms with Crippen molar-refractivity contribution in [2.75, 3.05) is 0 Å². The van der Waals surface area contributed by atoms with Crippen LogP contribution in [0.2, 0.25) is 0 Å². The van der Waals surface area contributed by atoms with Gasteiger partial charge < -0.3 is 0 Å². The second-order valence-corrected chi connectivity index (χ2v) is 12.7. The quantitative estimate of drug-likeness (QED) is 0.424. The van der Waals surface area contributed by atoms with Crippen molar-refractivity contribution < 1.29 is 0 Å². The Morgan fingerprint density at radius 2 is 1.42 bits per heavy atom. The highest BCUT2D eigenvalue weighted by molar-refractivity contribution is 5.31. The minimum absolute atomic E-state index is 0.517. The summed E-state index contributed by atoms with van der Waals surface area (Å²) >= 11 is 0. The van der Waals surface area contributed by atoms with Crippen molar-refractivity contribution in [1.82, 2.24) is 0 Å². The molecular weight excluding hydrogens is 312 g/mol. The van der Waals surface area contributed by atoms with Crippen LogP contribution in [0.25, 0.3) is 0 Å². The van der Waals surface area contributed by atoms with E-state index in [1.54, 1.807) is 12.8 Å². The first-order valence-corrected chi connectivity index (χ1v) is 11.7. The van der Waals surface area contributed by atoms with Gasteiger partial charge in [-0.1, -0.05) is 46.8 Å². The maximum atomic E-state index is 4.43. The minimum Gasteiger partial charge on any atom is -0.0998 e. The second kappa shape index (κ2) is 4.83. The van der Waals surface area contributed by atoms with Gasteiger partial charge in [-0.25, -0.2) is 0 Å². The molecule has 0 N–H and O–H groups in total. The van der Waals surface area contributed by atoms with Crippen LogP contribution in [0, 0.1) is 50.7 Å². The lowest BCUT2D eigenvalue weighted by Gasteiger charge is -2.63. The molecule has 5 fully saturated rings. The van der Waals surface area contributed by atoms with Gasteiger partial charge in [0.15, 0.2) is 0 Å². The van der Waals surface area contributed by atoms with E-state index >= 15 is 0 Å². The molecule has 0 aromatic heterocycles. The zero-order valence-electron chi connectivity index (χ0n) is 18.4. The van der Waals surface area contributed by atoms with Crippen LogP contribution in [0.1, 0.15) is 99.3 Å². The van der Waals surface area contributed by atoms with Crippen LogP contribution in [0.5, 0.6) is 0 Å². The van der Waals surface area contributed by atoms with E-state index in [9.17, 15) is 0 Å². The zero-order chi connectivity index (χ0) is 18.8. The molecule has 0 bridgehead atoms. The van der Waals surface area contributed by atoms with Crippen molar-refractivity contribution in [3.05, 3.63) is 12.2 Å². The summed E-state index contributed by atoms with van der Waals surface area (Å²) < 4.78 is 0. The van der Waals surface area contributed by atoms with Crippen LogP contribution >= 0.6 is 0 Å². The zero-order valence-corrected chi connectivity index (χ0v) is 18.4. The molecule has 5 aliphatic carbocycles. The van der Waals surface area contributed by atoms with Gasteiger partial charge in [-0.05, 0) is 115 Å². The van der Waals surface area contributed by atoms with E-state index in [2.05, 4.69) is 48.1 Å². The predicted molar refractivity (Wildman–Crippen MR) is 111 cm³/mol. The largest absolute Gasteiger partial charge is 0.0998 e. The normalized spacial score (nSPS) is 59.6. The first-order chi connectivity index (χ1) is 12.1. The second-order valence-electron chi connectivity index (χ2n) is 12.7. The highest BCUT2D eigenvalue weighted by Gasteiger charge is 2.81. The molecule has 5 saturated carbocycles. The minimum atomic E-state index is 0.517. The first kappa shape index (κ1) is 17.8. The lowest BCUT2D eigenvalue weighted by atomic mass is 9.41. The molecule has 26 heavy (non-hydrogen) atoms. The molecule has 0 aliphatic heterocycles. The third-order valence-corrected chi connectivity index (χ3v) is 12.2. The number of rotatable bonds is 1. The molecule has 0 nitrogen and oxygen atoms in total. The van der Waals surface area contributed by atoms with Crippen molar-refractivity contribution in [2.45, 2.75) is 99.3 Å². The van der Waals surface area contributed by atoms with E-state index in [4.69, 9.17) is 0 Å². The molecule has 0 heterocycles. The molecule has 0 aromatic carbocycles. The van der Waals surface area contributed by atoms with Crippen LogP contribution in [-0.2, 0) is 0 Å². The molecule has 2 unspecified atom stereocenters. The molecule has 2 spiro atoms. The van der Waals surface area contributed by atoms with Crippen molar-refractivity contribution in [1.29, 1.82) is 0 Å². The average molecular weight is 355 g/mol. The smallest absolute Gasteiger partial charge is 0.0149 e. The fourth-order valence-electron chi connectivity index (χ4n) is 10.3. The summed E-state index contributed by atoms with van der Waals surface area (Å²) in [5.74, 6) is 3.69. The molecule has 5 aliphatic rings. The Morgan fingerprint density at radius 3 is 2.12 bits per heavy atom. The van der Waals surface area contributed by atoms with Crippen molar-refractivity contribution in [3.8, 4) is 0 Å². The van der Waals surface area contributed by atoms with E-state index < -0.39 is 0 Å². The maximum Gasteiger partial charge on any atom is -0.0149 e. The lowest BCUT2D eigenvalue weighted by molar-refractivity contribution is -0.143. The van der Waals surface area contributed by atoms with Crippen molar-refractivity contribution >= 4 is 0 Å². The van der Waals surface area contributed by atoms with Gasteiger partial charge in [-0.3, -0.25) is 0 Å². The molecular formula is C26H42. The summed E-state index contributed by atoms with van der Waals surface area (Å²) in [5, 5.41) is 0. The van der Waals surface area contributed by atoms with Crippen molar-refractivity contribution in [3.63, 3.8) is 0 Å². The highest BCUT2D eigenvalue weighted by Crippen LogP contribution is 2.89. The van der Waals surface area contributed by atoms with Gasteiger partial charge in [0.25, 0.3) is 0 Å².